The zero-order chi connectivity index (χ0) is 7.78. The summed E-state index contributed by atoms with van der Waals surface area (Å²) in [5.74, 6) is -1.24. The summed E-state index contributed by atoms with van der Waals surface area (Å²) in [6.45, 7) is 3.34. The maximum atomic E-state index is 9.24. The van der Waals surface area contributed by atoms with Gasteiger partial charge in [0.05, 0.1) is 0 Å². The van der Waals surface area contributed by atoms with E-state index in [9.17, 15) is 5.11 Å². The molecule has 0 saturated carbocycles. The molecular formula is C6H9ClN2O. The van der Waals surface area contributed by atoms with E-state index in [4.69, 9.17) is 11.6 Å². The quantitative estimate of drug-likeness (QED) is 0.515. The van der Waals surface area contributed by atoms with E-state index in [1.165, 1.54) is 6.92 Å². The Morgan fingerprint density at radius 3 is 2.80 bits per heavy atom. The molecule has 0 spiro atoms. The number of hydrogen-bond acceptors (Lipinski definition) is 3. The van der Waals surface area contributed by atoms with E-state index >= 15 is 0 Å². The van der Waals surface area contributed by atoms with Gasteiger partial charge in [-0.05, 0) is 6.92 Å². The Kier molecular flexibility index (Phi) is 1.70. The molecule has 0 fully saturated rings. The van der Waals surface area contributed by atoms with Crippen LogP contribution in [0.25, 0.3) is 0 Å². The fourth-order valence-electron chi connectivity index (χ4n) is 0.618. The number of rotatable bonds is 0. The van der Waals surface area contributed by atoms with Gasteiger partial charge in [0, 0.05) is 18.7 Å². The van der Waals surface area contributed by atoms with Gasteiger partial charge in [0.1, 0.15) is 5.16 Å². The molecule has 1 heterocycles. The number of allylic oxidation sites excluding steroid dienone is 1. The van der Waals surface area contributed by atoms with E-state index in [0.717, 1.165) is 5.57 Å². The van der Waals surface area contributed by atoms with Crippen molar-refractivity contribution in [3.8, 4) is 0 Å². The Hall–Kier alpha value is -0.540. The van der Waals surface area contributed by atoms with Crippen LogP contribution in [-0.4, -0.2) is 17.2 Å². The van der Waals surface area contributed by atoms with Crippen LogP contribution < -0.4 is 5.32 Å². The van der Waals surface area contributed by atoms with Crippen LogP contribution in [-0.2, 0) is 0 Å². The van der Waals surface area contributed by atoms with E-state index in [1.807, 2.05) is 6.92 Å². The van der Waals surface area contributed by atoms with E-state index in [1.54, 1.807) is 6.21 Å². The van der Waals surface area contributed by atoms with E-state index < -0.39 is 5.85 Å². The van der Waals surface area contributed by atoms with Gasteiger partial charge in [-0.2, -0.15) is 0 Å². The summed E-state index contributed by atoms with van der Waals surface area (Å²) in [6, 6.07) is 0. The lowest BCUT2D eigenvalue weighted by Crippen LogP contribution is -2.41. The Labute approximate surface area is 64.4 Å². The molecule has 1 aliphatic rings. The number of nitrogens with one attached hydrogen (secondary N) is 1. The first-order valence-corrected chi connectivity index (χ1v) is 3.31. The van der Waals surface area contributed by atoms with Crippen molar-refractivity contribution in [2.75, 3.05) is 0 Å². The number of aliphatic imine (C=N–C) groups is 1. The lowest BCUT2D eigenvalue weighted by Gasteiger charge is -2.24. The fraction of sp³-hybridized carbons (Fsp3) is 0.500. The molecule has 0 saturated heterocycles. The molecule has 0 aromatic rings. The molecule has 0 aromatic carbocycles. The van der Waals surface area contributed by atoms with Crippen molar-refractivity contribution >= 4 is 17.8 Å². The molecule has 10 heavy (non-hydrogen) atoms. The first-order valence-electron chi connectivity index (χ1n) is 2.93. The van der Waals surface area contributed by atoms with Crippen molar-refractivity contribution in [2.45, 2.75) is 19.7 Å². The predicted octanol–water partition coefficient (Wildman–Crippen LogP) is 0.797. The summed E-state index contributed by atoms with van der Waals surface area (Å²) in [6.07, 6.45) is 1.54. The van der Waals surface area contributed by atoms with Gasteiger partial charge in [0.15, 0.2) is 0 Å². The topological polar surface area (TPSA) is 44.6 Å². The molecular weight excluding hydrogens is 152 g/mol. The molecule has 56 valence electrons. The monoisotopic (exact) mass is 160 g/mol. The smallest absolute Gasteiger partial charge is 0.231 e. The minimum Gasteiger partial charge on any atom is -0.353 e. The number of halogens is 1. The first kappa shape index (κ1) is 7.57. The molecule has 0 radical (unpaired) electrons. The minimum absolute atomic E-state index is 0.444. The summed E-state index contributed by atoms with van der Waals surface area (Å²) in [5.41, 5.74) is 0.827. The average Bonchev–Trinajstić information content (AvgIpc) is 1.79. The highest BCUT2D eigenvalue weighted by atomic mass is 35.5. The van der Waals surface area contributed by atoms with Gasteiger partial charge in [-0.15, -0.1) is 0 Å². The molecule has 1 rings (SSSR count). The number of hydrogen-bond donors (Lipinski definition) is 2. The highest BCUT2D eigenvalue weighted by Crippen LogP contribution is 2.15. The second-order valence-corrected chi connectivity index (χ2v) is 2.78. The molecule has 0 amide bonds. The first-order chi connectivity index (χ1) is 4.51. The van der Waals surface area contributed by atoms with Crippen molar-refractivity contribution < 1.29 is 5.11 Å². The van der Waals surface area contributed by atoms with E-state index in [2.05, 4.69) is 10.3 Å². The molecule has 1 aliphatic heterocycles. The summed E-state index contributed by atoms with van der Waals surface area (Å²) in [4.78, 5) is 3.77. The van der Waals surface area contributed by atoms with Gasteiger partial charge in [-0.3, -0.25) is 0 Å². The normalized spacial score (nSPS) is 32.4. The van der Waals surface area contributed by atoms with Crippen LogP contribution in [0.4, 0.5) is 0 Å². The average molecular weight is 161 g/mol. The van der Waals surface area contributed by atoms with Crippen molar-refractivity contribution in [1.29, 1.82) is 0 Å². The molecule has 0 aromatic heterocycles. The molecule has 3 nitrogen and oxygen atoms in total. The lowest BCUT2D eigenvalue weighted by molar-refractivity contribution is 0.0454. The van der Waals surface area contributed by atoms with E-state index in [0.29, 0.717) is 5.16 Å². The lowest BCUT2D eigenvalue weighted by atomic mass is 10.3. The zero-order valence-electron chi connectivity index (χ0n) is 5.85. The highest BCUT2D eigenvalue weighted by molar-refractivity contribution is 6.31. The summed E-state index contributed by atoms with van der Waals surface area (Å²) in [7, 11) is 0. The van der Waals surface area contributed by atoms with Crippen LogP contribution >= 0.6 is 11.6 Å². The molecule has 1 unspecified atom stereocenters. The van der Waals surface area contributed by atoms with Crippen LogP contribution in [0.3, 0.4) is 0 Å². The Bertz CT molecular complexity index is 208. The van der Waals surface area contributed by atoms with Gasteiger partial charge in [-0.1, -0.05) is 11.6 Å². The van der Waals surface area contributed by atoms with Crippen molar-refractivity contribution in [2.24, 2.45) is 4.99 Å². The molecule has 1 atom stereocenters. The molecule has 2 N–H and O–H groups in total. The fourth-order valence-corrected chi connectivity index (χ4v) is 0.846. The Balaban J connectivity index is 2.85. The van der Waals surface area contributed by atoms with Crippen molar-refractivity contribution in [3.63, 3.8) is 0 Å². The van der Waals surface area contributed by atoms with Gasteiger partial charge >= 0.3 is 0 Å². The summed E-state index contributed by atoms with van der Waals surface area (Å²) >= 11 is 5.67. The van der Waals surface area contributed by atoms with Crippen LogP contribution in [0.15, 0.2) is 15.7 Å². The highest BCUT2D eigenvalue weighted by Gasteiger charge is 2.21. The molecule has 4 heteroatoms. The van der Waals surface area contributed by atoms with Gasteiger partial charge in [0.25, 0.3) is 0 Å². The third kappa shape index (κ3) is 1.49. The predicted molar refractivity (Wildman–Crippen MR) is 40.8 cm³/mol. The standard InChI is InChI=1S/C6H9ClN2O/c1-4-3-8-6(2,10)9-5(4)7/h3,9-10H,1-2H3. The third-order valence-electron chi connectivity index (χ3n) is 1.20. The van der Waals surface area contributed by atoms with Crippen LogP contribution in [0.5, 0.6) is 0 Å². The molecule has 0 aliphatic carbocycles. The number of nitrogens with zero attached hydrogens (tertiary/aromatic N) is 1. The molecule has 0 bridgehead atoms. The Morgan fingerprint density at radius 1 is 1.80 bits per heavy atom. The van der Waals surface area contributed by atoms with Gasteiger partial charge in [0.2, 0.25) is 5.85 Å². The minimum atomic E-state index is -1.24. The van der Waals surface area contributed by atoms with Crippen LogP contribution in [0.1, 0.15) is 13.8 Å². The van der Waals surface area contributed by atoms with Gasteiger partial charge < -0.3 is 10.4 Å². The second kappa shape index (κ2) is 2.25. The third-order valence-corrected chi connectivity index (χ3v) is 1.59. The SMILES string of the molecule is CC1=C(Cl)NC(C)(O)N=C1. The zero-order valence-corrected chi connectivity index (χ0v) is 6.61. The van der Waals surface area contributed by atoms with Crippen molar-refractivity contribution in [1.82, 2.24) is 5.32 Å². The van der Waals surface area contributed by atoms with Gasteiger partial charge in [-0.25, -0.2) is 4.99 Å². The van der Waals surface area contributed by atoms with E-state index in [-0.39, 0.29) is 0 Å². The van der Waals surface area contributed by atoms with Crippen molar-refractivity contribution in [3.05, 3.63) is 10.7 Å². The maximum Gasteiger partial charge on any atom is 0.231 e. The Morgan fingerprint density at radius 2 is 2.40 bits per heavy atom. The largest absolute Gasteiger partial charge is 0.353 e. The maximum absolute atomic E-state index is 9.24. The van der Waals surface area contributed by atoms with Crippen LogP contribution in [0, 0.1) is 0 Å². The second-order valence-electron chi connectivity index (χ2n) is 2.40. The summed E-state index contributed by atoms with van der Waals surface area (Å²) in [5, 5.41) is 12.3. The van der Waals surface area contributed by atoms with Crippen LogP contribution in [0.2, 0.25) is 0 Å². The number of aliphatic hydroxyl groups is 1. The summed E-state index contributed by atoms with van der Waals surface area (Å²) < 4.78 is 0.